The highest BCUT2D eigenvalue weighted by Crippen LogP contribution is 2.29. The number of benzene rings is 1. The molecule has 0 amide bonds. The van der Waals surface area contributed by atoms with Crippen molar-refractivity contribution in [1.82, 2.24) is 4.90 Å². The normalized spacial score (nSPS) is 16.3. The van der Waals surface area contributed by atoms with E-state index >= 15 is 0 Å². The first-order chi connectivity index (χ1) is 11.7. The van der Waals surface area contributed by atoms with E-state index in [0.717, 1.165) is 25.1 Å². The van der Waals surface area contributed by atoms with Gasteiger partial charge in [-0.3, -0.25) is 0 Å². The van der Waals surface area contributed by atoms with Crippen LogP contribution >= 0.6 is 12.2 Å². The first-order valence-corrected chi connectivity index (χ1v) is 8.35. The average molecular weight is 349 g/mol. The molecule has 1 unspecified atom stereocenters. The fraction of sp³-hybridized carbons (Fsp3) is 0.529. The average Bonchev–Trinajstić information content (AvgIpc) is 3.11. The van der Waals surface area contributed by atoms with Gasteiger partial charge in [-0.15, -0.1) is 0 Å². The lowest BCUT2D eigenvalue weighted by atomic mass is 10.2. The second-order valence-electron chi connectivity index (χ2n) is 5.49. The minimum Gasteiger partial charge on any atom is -0.497 e. The maximum Gasteiger partial charge on any atom is 0.173 e. The summed E-state index contributed by atoms with van der Waals surface area (Å²) in [5, 5.41) is 12.6. The number of methoxy groups -OCH3 is 2. The molecule has 1 saturated heterocycles. The Balaban J connectivity index is 2.09. The molecule has 1 atom stereocenters. The Hall–Kier alpha value is -2.04. The van der Waals surface area contributed by atoms with Crippen molar-refractivity contribution in [2.24, 2.45) is 0 Å². The Labute approximate surface area is 148 Å². The molecule has 24 heavy (non-hydrogen) atoms. The number of anilines is 1. The zero-order chi connectivity index (χ0) is 17.4. The van der Waals surface area contributed by atoms with E-state index < -0.39 is 0 Å². The summed E-state index contributed by atoms with van der Waals surface area (Å²) in [5.41, 5.74) is 0.733. The van der Waals surface area contributed by atoms with E-state index in [0.29, 0.717) is 36.1 Å². The maximum atomic E-state index is 8.89. The summed E-state index contributed by atoms with van der Waals surface area (Å²) < 4.78 is 16.3. The van der Waals surface area contributed by atoms with Crippen LogP contribution in [0.3, 0.4) is 0 Å². The monoisotopic (exact) mass is 349 g/mol. The topological polar surface area (TPSA) is 66.8 Å². The van der Waals surface area contributed by atoms with Crippen LogP contribution in [0.1, 0.15) is 19.3 Å². The van der Waals surface area contributed by atoms with Crippen LogP contribution in [0.4, 0.5) is 5.69 Å². The summed E-state index contributed by atoms with van der Waals surface area (Å²) in [5.74, 6) is 1.39. The summed E-state index contributed by atoms with van der Waals surface area (Å²) in [7, 11) is 3.22. The molecule has 130 valence electrons. The molecule has 0 spiro atoms. The molecule has 1 fully saturated rings. The molecular weight excluding hydrogens is 326 g/mol. The lowest BCUT2D eigenvalue weighted by molar-refractivity contribution is 0.0922. The molecule has 0 radical (unpaired) electrons. The van der Waals surface area contributed by atoms with Crippen LogP contribution in [0.25, 0.3) is 0 Å². The van der Waals surface area contributed by atoms with Gasteiger partial charge in [0, 0.05) is 25.8 Å². The minimum atomic E-state index is 0.163. The number of nitrogens with one attached hydrogen (secondary N) is 1. The number of nitrogens with zero attached hydrogens (tertiary/aromatic N) is 2. The Bertz CT molecular complexity index is 597. The van der Waals surface area contributed by atoms with Gasteiger partial charge in [-0.05, 0) is 37.2 Å². The van der Waals surface area contributed by atoms with Crippen LogP contribution in [-0.2, 0) is 4.74 Å². The van der Waals surface area contributed by atoms with Gasteiger partial charge in [0.25, 0.3) is 0 Å². The molecule has 1 aliphatic rings. The predicted octanol–water partition coefficient (Wildman–Crippen LogP) is 2.80. The standard InChI is InChI=1S/C17H23N3O3S/c1-21-13-6-7-16(22-2)15(11-13)19-17(24)20(9-4-8-18)12-14-5-3-10-23-14/h6-7,11,14H,3-5,9-10,12H2,1-2H3,(H,19,24). The summed E-state index contributed by atoms with van der Waals surface area (Å²) in [6, 6.07) is 7.65. The van der Waals surface area contributed by atoms with Crippen LogP contribution in [0, 0.1) is 11.3 Å². The fourth-order valence-corrected chi connectivity index (χ4v) is 2.88. The van der Waals surface area contributed by atoms with E-state index in [-0.39, 0.29) is 6.10 Å². The van der Waals surface area contributed by atoms with E-state index in [2.05, 4.69) is 11.4 Å². The van der Waals surface area contributed by atoms with Gasteiger partial charge in [-0.1, -0.05) is 0 Å². The van der Waals surface area contributed by atoms with Crippen molar-refractivity contribution in [2.45, 2.75) is 25.4 Å². The van der Waals surface area contributed by atoms with Crippen molar-refractivity contribution in [2.75, 3.05) is 39.2 Å². The first-order valence-electron chi connectivity index (χ1n) is 7.94. The van der Waals surface area contributed by atoms with E-state index in [4.69, 9.17) is 31.7 Å². The number of rotatable bonds is 7. The van der Waals surface area contributed by atoms with Crippen LogP contribution in [0.5, 0.6) is 11.5 Å². The van der Waals surface area contributed by atoms with Gasteiger partial charge in [-0.25, -0.2) is 0 Å². The van der Waals surface area contributed by atoms with Gasteiger partial charge in [0.2, 0.25) is 0 Å². The third-order valence-corrected chi connectivity index (χ3v) is 4.24. The molecule has 1 heterocycles. The number of hydrogen-bond donors (Lipinski definition) is 1. The molecule has 1 aliphatic heterocycles. The predicted molar refractivity (Wildman–Crippen MR) is 96.5 cm³/mol. The van der Waals surface area contributed by atoms with Crippen molar-refractivity contribution < 1.29 is 14.2 Å². The largest absolute Gasteiger partial charge is 0.497 e. The lowest BCUT2D eigenvalue weighted by Crippen LogP contribution is -2.40. The van der Waals surface area contributed by atoms with E-state index in [1.54, 1.807) is 14.2 Å². The minimum absolute atomic E-state index is 0.163. The second kappa shape index (κ2) is 9.30. The Morgan fingerprint density at radius 2 is 2.29 bits per heavy atom. The van der Waals surface area contributed by atoms with Gasteiger partial charge in [0.15, 0.2) is 5.11 Å². The molecule has 1 aromatic carbocycles. The Morgan fingerprint density at radius 1 is 1.46 bits per heavy atom. The van der Waals surface area contributed by atoms with Crippen molar-refractivity contribution in [3.05, 3.63) is 18.2 Å². The first kappa shape index (κ1) is 18.3. The molecule has 2 rings (SSSR count). The molecule has 1 aromatic rings. The third kappa shape index (κ3) is 4.98. The quantitative estimate of drug-likeness (QED) is 0.759. The van der Waals surface area contributed by atoms with Gasteiger partial charge in [-0.2, -0.15) is 5.26 Å². The number of thiocarbonyl (C=S) groups is 1. The third-order valence-electron chi connectivity index (χ3n) is 3.88. The Morgan fingerprint density at radius 3 is 2.92 bits per heavy atom. The number of nitriles is 1. The van der Waals surface area contributed by atoms with Crippen LogP contribution < -0.4 is 14.8 Å². The van der Waals surface area contributed by atoms with Gasteiger partial charge in [0.05, 0.1) is 38.5 Å². The maximum absolute atomic E-state index is 8.89. The van der Waals surface area contributed by atoms with Crippen LogP contribution in [-0.4, -0.2) is 50.0 Å². The van der Waals surface area contributed by atoms with Crippen molar-refractivity contribution in [3.63, 3.8) is 0 Å². The van der Waals surface area contributed by atoms with Crippen molar-refractivity contribution in [3.8, 4) is 17.6 Å². The van der Waals surface area contributed by atoms with Gasteiger partial charge >= 0.3 is 0 Å². The second-order valence-corrected chi connectivity index (χ2v) is 5.87. The number of ether oxygens (including phenoxy) is 3. The molecular formula is C17H23N3O3S. The summed E-state index contributed by atoms with van der Waals surface area (Å²) in [6.07, 6.45) is 2.66. The molecule has 0 aliphatic carbocycles. The van der Waals surface area contributed by atoms with E-state index in [1.165, 1.54) is 0 Å². The number of hydrogen-bond acceptors (Lipinski definition) is 5. The Kier molecular flexibility index (Phi) is 7.09. The molecule has 0 bridgehead atoms. The molecule has 0 saturated carbocycles. The highest BCUT2D eigenvalue weighted by Gasteiger charge is 2.21. The lowest BCUT2D eigenvalue weighted by Gasteiger charge is -2.28. The molecule has 7 heteroatoms. The highest BCUT2D eigenvalue weighted by molar-refractivity contribution is 7.80. The zero-order valence-corrected chi connectivity index (χ0v) is 14.9. The fourth-order valence-electron chi connectivity index (χ4n) is 2.60. The summed E-state index contributed by atoms with van der Waals surface area (Å²) >= 11 is 5.55. The highest BCUT2D eigenvalue weighted by atomic mass is 32.1. The van der Waals surface area contributed by atoms with Crippen molar-refractivity contribution >= 4 is 23.0 Å². The zero-order valence-electron chi connectivity index (χ0n) is 14.1. The smallest absolute Gasteiger partial charge is 0.173 e. The molecule has 0 aromatic heterocycles. The summed E-state index contributed by atoms with van der Waals surface area (Å²) in [6.45, 7) is 2.04. The summed E-state index contributed by atoms with van der Waals surface area (Å²) in [4.78, 5) is 1.98. The van der Waals surface area contributed by atoms with Crippen LogP contribution in [0.15, 0.2) is 18.2 Å². The van der Waals surface area contributed by atoms with Gasteiger partial charge in [0.1, 0.15) is 11.5 Å². The SMILES string of the molecule is COc1ccc(OC)c(NC(=S)N(CCC#N)CC2CCCO2)c1. The van der Waals surface area contributed by atoms with E-state index in [1.807, 2.05) is 23.1 Å². The van der Waals surface area contributed by atoms with Crippen LogP contribution in [0.2, 0.25) is 0 Å². The van der Waals surface area contributed by atoms with E-state index in [9.17, 15) is 0 Å². The molecule has 1 N–H and O–H groups in total. The molecule has 6 nitrogen and oxygen atoms in total. The van der Waals surface area contributed by atoms with Crippen molar-refractivity contribution in [1.29, 1.82) is 5.26 Å². The van der Waals surface area contributed by atoms with Gasteiger partial charge < -0.3 is 24.4 Å².